The molecule has 21 heavy (non-hydrogen) atoms. The molecule has 3 nitrogen and oxygen atoms in total. The fraction of sp³-hybridized carbons (Fsp3) is 0.944. The molecule has 0 aromatic carbocycles. The zero-order valence-electron chi connectivity index (χ0n) is 14.2. The molecule has 3 N–H and O–H groups in total. The van der Waals surface area contributed by atoms with Gasteiger partial charge >= 0.3 is 0 Å². The fourth-order valence-electron chi connectivity index (χ4n) is 6.41. The van der Waals surface area contributed by atoms with Crippen molar-refractivity contribution in [3.63, 3.8) is 0 Å². The van der Waals surface area contributed by atoms with Crippen molar-refractivity contribution < 1.29 is 4.79 Å². The first-order valence-electron chi connectivity index (χ1n) is 8.70. The average molecular weight is 292 g/mol. The van der Waals surface area contributed by atoms with Gasteiger partial charge in [-0.3, -0.25) is 4.79 Å². The summed E-state index contributed by atoms with van der Waals surface area (Å²) in [7, 11) is 0. The van der Waals surface area contributed by atoms with Gasteiger partial charge in [0.2, 0.25) is 5.91 Å². The van der Waals surface area contributed by atoms with Crippen LogP contribution in [0.4, 0.5) is 0 Å². The number of hydrogen-bond acceptors (Lipinski definition) is 2. The predicted molar refractivity (Wildman–Crippen MR) is 85.7 cm³/mol. The zero-order chi connectivity index (χ0) is 15.5. The first-order valence-corrected chi connectivity index (χ1v) is 8.70. The maximum atomic E-state index is 13.1. The van der Waals surface area contributed by atoms with E-state index in [9.17, 15) is 4.79 Å². The summed E-state index contributed by atoms with van der Waals surface area (Å²) in [6.45, 7) is 9.69. The highest BCUT2D eigenvalue weighted by Crippen LogP contribution is 2.69. The zero-order valence-corrected chi connectivity index (χ0v) is 14.2. The van der Waals surface area contributed by atoms with E-state index in [1.807, 2.05) is 0 Å². The minimum atomic E-state index is -0.0918. The minimum absolute atomic E-state index is 0.0918. The first-order chi connectivity index (χ1) is 9.69. The van der Waals surface area contributed by atoms with Crippen molar-refractivity contribution >= 4 is 5.91 Å². The van der Waals surface area contributed by atoms with Crippen LogP contribution in [-0.4, -0.2) is 18.5 Å². The lowest BCUT2D eigenvalue weighted by Gasteiger charge is -2.64. The summed E-state index contributed by atoms with van der Waals surface area (Å²) in [6.07, 6.45) is 7.32. The lowest BCUT2D eigenvalue weighted by Crippen LogP contribution is -2.61. The third kappa shape index (κ3) is 2.52. The quantitative estimate of drug-likeness (QED) is 0.836. The average Bonchev–Trinajstić information content (AvgIpc) is 2.33. The second-order valence-electron chi connectivity index (χ2n) is 9.39. The van der Waals surface area contributed by atoms with E-state index in [-0.39, 0.29) is 11.5 Å². The Kier molecular flexibility index (Phi) is 3.44. The highest BCUT2D eigenvalue weighted by Gasteiger charge is 2.62. The van der Waals surface area contributed by atoms with Crippen LogP contribution < -0.4 is 11.1 Å². The molecule has 0 saturated heterocycles. The monoisotopic (exact) mass is 292 g/mol. The van der Waals surface area contributed by atoms with E-state index < -0.39 is 0 Å². The van der Waals surface area contributed by atoms with Crippen molar-refractivity contribution in [2.45, 2.75) is 72.3 Å². The van der Waals surface area contributed by atoms with Crippen molar-refractivity contribution in [2.24, 2.45) is 33.8 Å². The maximum Gasteiger partial charge on any atom is 0.226 e. The Morgan fingerprint density at radius 1 is 1.14 bits per heavy atom. The first kappa shape index (κ1) is 15.3. The largest absolute Gasteiger partial charge is 0.353 e. The van der Waals surface area contributed by atoms with Crippen LogP contribution in [0.5, 0.6) is 0 Å². The van der Waals surface area contributed by atoms with Gasteiger partial charge in [-0.25, -0.2) is 0 Å². The SMILES string of the molecule is CC(CN)C(C)NC(=O)C12CC3CC(C)(CC(C)(C3)C1)C2. The summed E-state index contributed by atoms with van der Waals surface area (Å²) in [6, 6.07) is 0.177. The van der Waals surface area contributed by atoms with E-state index in [1.165, 1.54) is 19.3 Å². The van der Waals surface area contributed by atoms with Gasteiger partial charge in [-0.2, -0.15) is 0 Å². The molecule has 0 aromatic heterocycles. The van der Waals surface area contributed by atoms with Gasteiger partial charge in [-0.05, 0) is 74.7 Å². The highest BCUT2D eigenvalue weighted by molar-refractivity contribution is 5.83. The van der Waals surface area contributed by atoms with Gasteiger partial charge in [0.05, 0.1) is 5.41 Å². The molecule has 4 bridgehead atoms. The van der Waals surface area contributed by atoms with Crippen molar-refractivity contribution in [2.75, 3.05) is 6.54 Å². The third-order valence-corrected chi connectivity index (χ3v) is 6.69. The summed E-state index contributed by atoms with van der Waals surface area (Å²) >= 11 is 0. The highest BCUT2D eigenvalue weighted by atomic mass is 16.2. The van der Waals surface area contributed by atoms with Gasteiger partial charge in [0.1, 0.15) is 0 Å². The van der Waals surface area contributed by atoms with Gasteiger partial charge < -0.3 is 11.1 Å². The van der Waals surface area contributed by atoms with Gasteiger partial charge in [-0.15, -0.1) is 0 Å². The van der Waals surface area contributed by atoms with Crippen LogP contribution in [0, 0.1) is 28.1 Å². The molecule has 0 spiro atoms. The Hall–Kier alpha value is -0.570. The smallest absolute Gasteiger partial charge is 0.226 e. The van der Waals surface area contributed by atoms with Crippen molar-refractivity contribution in [3.8, 4) is 0 Å². The number of nitrogens with one attached hydrogen (secondary N) is 1. The lowest BCUT2D eigenvalue weighted by atomic mass is 9.40. The number of nitrogens with two attached hydrogens (primary N) is 1. The molecule has 0 heterocycles. The van der Waals surface area contributed by atoms with Gasteiger partial charge in [0, 0.05) is 6.04 Å². The summed E-state index contributed by atoms with van der Waals surface area (Å²) in [5.74, 6) is 1.43. The lowest BCUT2D eigenvalue weighted by molar-refractivity contribution is -0.170. The van der Waals surface area contributed by atoms with E-state index in [2.05, 4.69) is 33.0 Å². The molecule has 4 saturated carbocycles. The van der Waals surface area contributed by atoms with Crippen molar-refractivity contribution in [3.05, 3.63) is 0 Å². The van der Waals surface area contributed by atoms with Crippen LogP contribution in [-0.2, 0) is 4.79 Å². The molecular formula is C18H32N2O. The topological polar surface area (TPSA) is 55.1 Å². The summed E-state index contributed by atoms with van der Waals surface area (Å²) in [5, 5.41) is 3.30. The van der Waals surface area contributed by atoms with Crippen LogP contribution in [0.3, 0.4) is 0 Å². The molecule has 4 aliphatic rings. The van der Waals surface area contributed by atoms with Crippen LogP contribution in [0.25, 0.3) is 0 Å². The van der Waals surface area contributed by atoms with Gasteiger partial charge in [0.15, 0.2) is 0 Å². The molecule has 4 unspecified atom stereocenters. The Bertz CT molecular complexity index is 428. The number of hydrogen-bond donors (Lipinski definition) is 2. The predicted octanol–water partition coefficient (Wildman–Crippen LogP) is 3.08. The van der Waals surface area contributed by atoms with E-state index in [0.29, 0.717) is 29.2 Å². The summed E-state index contributed by atoms with van der Waals surface area (Å²) < 4.78 is 0. The van der Waals surface area contributed by atoms with Gasteiger partial charge in [0.25, 0.3) is 0 Å². The van der Waals surface area contributed by atoms with E-state index in [1.54, 1.807) is 0 Å². The fourth-order valence-corrected chi connectivity index (χ4v) is 6.41. The number of amides is 1. The van der Waals surface area contributed by atoms with Crippen molar-refractivity contribution in [1.82, 2.24) is 5.32 Å². The summed E-state index contributed by atoms with van der Waals surface area (Å²) in [4.78, 5) is 13.1. The van der Waals surface area contributed by atoms with Crippen LogP contribution >= 0.6 is 0 Å². The second-order valence-corrected chi connectivity index (χ2v) is 9.39. The molecule has 0 radical (unpaired) electrons. The molecule has 1 amide bonds. The third-order valence-electron chi connectivity index (χ3n) is 6.69. The Balaban J connectivity index is 1.79. The maximum absolute atomic E-state index is 13.1. The molecule has 0 aromatic rings. The van der Waals surface area contributed by atoms with E-state index >= 15 is 0 Å². The molecule has 3 heteroatoms. The molecule has 4 rings (SSSR count). The molecule has 4 fully saturated rings. The molecule has 120 valence electrons. The molecular weight excluding hydrogens is 260 g/mol. The molecule has 4 aliphatic carbocycles. The molecule has 0 aliphatic heterocycles. The Morgan fingerprint density at radius 3 is 2.19 bits per heavy atom. The standard InChI is InChI=1S/C18H32N2O/c1-12(8-19)13(2)20-15(21)18-7-14-5-16(3,10-18)9-17(4,6-14)11-18/h12-14H,5-11,19H2,1-4H3,(H,20,21). The van der Waals surface area contributed by atoms with Crippen LogP contribution in [0.2, 0.25) is 0 Å². The second kappa shape index (κ2) is 4.71. The Morgan fingerprint density at radius 2 is 1.71 bits per heavy atom. The van der Waals surface area contributed by atoms with E-state index in [0.717, 1.165) is 25.2 Å². The molecule has 4 atom stereocenters. The summed E-state index contributed by atoms with van der Waals surface area (Å²) in [5.41, 5.74) is 6.45. The van der Waals surface area contributed by atoms with Gasteiger partial charge in [-0.1, -0.05) is 20.8 Å². The van der Waals surface area contributed by atoms with Crippen molar-refractivity contribution in [1.29, 1.82) is 0 Å². The number of carbonyl (C=O) groups excluding carboxylic acids is 1. The van der Waals surface area contributed by atoms with Crippen LogP contribution in [0.15, 0.2) is 0 Å². The van der Waals surface area contributed by atoms with Crippen LogP contribution in [0.1, 0.15) is 66.2 Å². The van der Waals surface area contributed by atoms with E-state index in [4.69, 9.17) is 5.73 Å². The Labute approximate surface area is 129 Å². The normalized spacial score (nSPS) is 47.2. The number of carbonyl (C=O) groups is 1. The minimum Gasteiger partial charge on any atom is -0.353 e. The number of rotatable bonds is 4.